The molecule has 0 saturated heterocycles. The van der Waals surface area contributed by atoms with Gasteiger partial charge in [-0.15, -0.1) is 0 Å². The minimum Gasteiger partial charge on any atom is -0.265 e. The second kappa shape index (κ2) is 12.4. The van der Waals surface area contributed by atoms with Gasteiger partial charge < -0.3 is 0 Å². The van der Waals surface area contributed by atoms with E-state index in [2.05, 4.69) is 157 Å². The number of rotatable bonds is 4. The van der Waals surface area contributed by atoms with Crippen LogP contribution in [0.15, 0.2) is 194 Å². The fourth-order valence-corrected chi connectivity index (χ4v) is 8.89. The molecule has 55 heavy (non-hydrogen) atoms. The molecule has 0 amide bonds. The third kappa shape index (κ3) is 4.78. The highest BCUT2D eigenvalue weighted by molar-refractivity contribution is 5.97. The topological polar surface area (TPSA) is 51.6 Å². The number of nitrogens with zero attached hydrogens (tertiary/aromatic N) is 4. The molecule has 9 aromatic rings. The average molecular weight is 701 g/mol. The van der Waals surface area contributed by atoms with Crippen LogP contribution in [-0.4, -0.2) is 19.9 Å². The summed E-state index contributed by atoms with van der Waals surface area (Å²) >= 11 is 0. The van der Waals surface area contributed by atoms with E-state index >= 15 is 0 Å². The maximum atomic E-state index is 5.23. The Kier molecular flexibility index (Phi) is 7.04. The molecule has 0 aliphatic heterocycles. The van der Waals surface area contributed by atoms with E-state index in [1.807, 2.05) is 42.7 Å². The lowest BCUT2D eigenvalue weighted by Crippen LogP contribution is -2.29. The van der Waals surface area contributed by atoms with Crippen molar-refractivity contribution in [3.63, 3.8) is 0 Å². The van der Waals surface area contributed by atoms with E-state index in [1.165, 1.54) is 55.6 Å². The van der Waals surface area contributed by atoms with Crippen molar-refractivity contribution in [3.8, 4) is 78.7 Å². The summed E-state index contributed by atoms with van der Waals surface area (Å²) in [5.41, 5.74) is 16.9. The van der Waals surface area contributed by atoms with Gasteiger partial charge in [0.1, 0.15) is 0 Å². The first-order valence-corrected chi connectivity index (χ1v) is 18.6. The van der Waals surface area contributed by atoms with Crippen molar-refractivity contribution in [2.45, 2.75) is 5.41 Å². The molecule has 0 saturated carbocycles. The standard InChI is InChI=1S/C51H32N4/c1-2-12-35(13-3-1)48-53-49(36-24-22-33(23-25-36)34-28-30-52-31-29-34)55-50(54-48)37-26-27-43-39-15-5-4-14-38(39)40-16-6-9-19-44(40)51(47(43)32-37)45-20-10-7-17-41(45)42-18-8-11-21-46(42)51/h1-32H. The molecule has 2 heterocycles. The van der Waals surface area contributed by atoms with E-state index in [0.717, 1.165) is 27.8 Å². The zero-order chi connectivity index (χ0) is 36.3. The monoisotopic (exact) mass is 700 g/mol. The lowest BCUT2D eigenvalue weighted by atomic mass is 9.65. The molecule has 0 atom stereocenters. The molecule has 256 valence electrons. The highest BCUT2D eigenvalue weighted by Crippen LogP contribution is 2.61. The Morgan fingerprint density at radius 2 is 0.655 bits per heavy atom. The molecule has 4 heteroatoms. The average Bonchev–Trinajstić information content (AvgIpc) is 3.52. The third-order valence-corrected chi connectivity index (χ3v) is 11.3. The number of hydrogen-bond donors (Lipinski definition) is 0. The molecule has 0 radical (unpaired) electrons. The van der Waals surface area contributed by atoms with Crippen molar-refractivity contribution in [2.24, 2.45) is 0 Å². The predicted octanol–water partition coefficient (Wildman–Crippen LogP) is 11.9. The molecule has 0 unspecified atom stereocenters. The maximum absolute atomic E-state index is 5.23. The molecule has 2 aliphatic carbocycles. The first-order chi connectivity index (χ1) is 27.3. The number of fused-ring (bicyclic) bond motifs is 12. The Morgan fingerprint density at radius 1 is 0.273 bits per heavy atom. The largest absolute Gasteiger partial charge is 0.265 e. The Labute approximate surface area is 319 Å². The summed E-state index contributed by atoms with van der Waals surface area (Å²) in [7, 11) is 0. The maximum Gasteiger partial charge on any atom is 0.164 e. The molecule has 7 aromatic carbocycles. The van der Waals surface area contributed by atoms with Gasteiger partial charge in [-0.25, -0.2) is 15.0 Å². The van der Waals surface area contributed by atoms with Gasteiger partial charge in [-0.05, 0) is 85.0 Å². The number of aromatic nitrogens is 4. The van der Waals surface area contributed by atoms with Gasteiger partial charge in [0.15, 0.2) is 17.5 Å². The van der Waals surface area contributed by atoms with E-state index in [-0.39, 0.29) is 0 Å². The van der Waals surface area contributed by atoms with Gasteiger partial charge in [0.2, 0.25) is 0 Å². The van der Waals surface area contributed by atoms with Gasteiger partial charge in [0, 0.05) is 29.1 Å². The molecule has 2 aromatic heterocycles. The fraction of sp³-hybridized carbons (Fsp3) is 0.0196. The van der Waals surface area contributed by atoms with Crippen molar-refractivity contribution in [3.05, 3.63) is 217 Å². The van der Waals surface area contributed by atoms with Crippen molar-refractivity contribution in [1.29, 1.82) is 0 Å². The summed E-state index contributed by atoms with van der Waals surface area (Å²) in [5.74, 6) is 1.89. The van der Waals surface area contributed by atoms with Gasteiger partial charge in [0.25, 0.3) is 0 Å². The van der Waals surface area contributed by atoms with Crippen LogP contribution in [0, 0.1) is 0 Å². The molecular formula is C51H32N4. The minimum absolute atomic E-state index is 0.588. The summed E-state index contributed by atoms with van der Waals surface area (Å²) < 4.78 is 0. The van der Waals surface area contributed by atoms with Crippen molar-refractivity contribution < 1.29 is 0 Å². The van der Waals surface area contributed by atoms with Crippen LogP contribution >= 0.6 is 0 Å². The van der Waals surface area contributed by atoms with Crippen molar-refractivity contribution in [2.75, 3.05) is 0 Å². The summed E-state index contributed by atoms with van der Waals surface area (Å²) in [5, 5.41) is 0. The van der Waals surface area contributed by atoms with Gasteiger partial charge in [0.05, 0.1) is 5.41 Å². The van der Waals surface area contributed by atoms with Crippen LogP contribution in [0.1, 0.15) is 22.3 Å². The smallest absolute Gasteiger partial charge is 0.164 e. The van der Waals surface area contributed by atoms with Crippen LogP contribution in [0.5, 0.6) is 0 Å². The van der Waals surface area contributed by atoms with Crippen LogP contribution in [0.2, 0.25) is 0 Å². The molecule has 11 rings (SSSR count). The van der Waals surface area contributed by atoms with E-state index in [9.17, 15) is 0 Å². The van der Waals surface area contributed by atoms with Crippen LogP contribution in [0.4, 0.5) is 0 Å². The molecule has 1 spiro atoms. The van der Waals surface area contributed by atoms with Gasteiger partial charge in [-0.1, -0.05) is 164 Å². The highest BCUT2D eigenvalue weighted by Gasteiger charge is 2.49. The zero-order valence-corrected chi connectivity index (χ0v) is 29.8. The van der Waals surface area contributed by atoms with Gasteiger partial charge in [-0.3, -0.25) is 4.98 Å². The predicted molar refractivity (Wildman–Crippen MR) is 221 cm³/mol. The second-order valence-electron chi connectivity index (χ2n) is 14.2. The Balaban J connectivity index is 1.18. The first-order valence-electron chi connectivity index (χ1n) is 18.6. The van der Waals surface area contributed by atoms with Gasteiger partial charge >= 0.3 is 0 Å². The van der Waals surface area contributed by atoms with E-state index in [1.54, 1.807) is 0 Å². The molecule has 2 aliphatic rings. The molecule has 0 N–H and O–H groups in total. The van der Waals surface area contributed by atoms with Crippen molar-refractivity contribution in [1.82, 2.24) is 19.9 Å². The fourth-order valence-electron chi connectivity index (χ4n) is 8.89. The van der Waals surface area contributed by atoms with Crippen molar-refractivity contribution >= 4 is 0 Å². The molecular weight excluding hydrogens is 669 g/mol. The van der Waals surface area contributed by atoms with Gasteiger partial charge in [-0.2, -0.15) is 0 Å². The third-order valence-electron chi connectivity index (χ3n) is 11.3. The summed E-state index contributed by atoms with van der Waals surface area (Å²) in [4.78, 5) is 19.7. The lowest BCUT2D eigenvalue weighted by Gasteiger charge is -2.35. The van der Waals surface area contributed by atoms with Crippen LogP contribution in [0.25, 0.3) is 78.7 Å². The van der Waals surface area contributed by atoms with Crippen LogP contribution < -0.4 is 0 Å². The molecule has 4 nitrogen and oxygen atoms in total. The minimum atomic E-state index is -0.588. The summed E-state index contributed by atoms with van der Waals surface area (Å²) in [6, 6.07) is 65.1. The Morgan fingerprint density at radius 3 is 1.22 bits per heavy atom. The zero-order valence-electron chi connectivity index (χ0n) is 29.8. The highest BCUT2D eigenvalue weighted by atomic mass is 15.0. The Bertz CT molecular complexity index is 2870. The van der Waals surface area contributed by atoms with Crippen LogP contribution in [-0.2, 0) is 5.41 Å². The SMILES string of the molecule is c1ccc(-c2nc(-c3ccc(-c4ccncc4)cc3)nc(-c3ccc4c(c3)C3(c5ccccc5-c5ccccc5-4)c4ccccc4-c4ccccc43)n2)cc1. The molecule has 0 fully saturated rings. The summed E-state index contributed by atoms with van der Waals surface area (Å²) in [6.07, 6.45) is 3.64. The van der Waals surface area contributed by atoms with E-state index in [0.29, 0.717) is 17.5 Å². The van der Waals surface area contributed by atoms with Crippen LogP contribution in [0.3, 0.4) is 0 Å². The normalized spacial score (nSPS) is 12.9. The molecule has 0 bridgehead atoms. The lowest BCUT2D eigenvalue weighted by molar-refractivity contribution is 0.775. The number of pyridine rings is 1. The summed E-state index contributed by atoms with van der Waals surface area (Å²) in [6.45, 7) is 0. The van der Waals surface area contributed by atoms with E-state index < -0.39 is 5.41 Å². The number of benzene rings is 7. The Hall–Kier alpha value is -7.30. The number of hydrogen-bond acceptors (Lipinski definition) is 4. The second-order valence-corrected chi connectivity index (χ2v) is 14.2. The quantitative estimate of drug-likeness (QED) is 0.183. The first kappa shape index (κ1) is 31.2. The van der Waals surface area contributed by atoms with E-state index in [4.69, 9.17) is 15.0 Å².